The third kappa shape index (κ3) is 2.39. The normalized spacial score (nSPS) is 10.7. The molecule has 0 saturated heterocycles. The summed E-state index contributed by atoms with van der Waals surface area (Å²) in [5.74, 6) is -0.278. The minimum absolute atomic E-state index is 0.0610. The third-order valence-corrected chi connectivity index (χ3v) is 2.89. The van der Waals surface area contributed by atoms with Crippen molar-refractivity contribution in [2.45, 2.75) is 6.61 Å². The zero-order chi connectivity index (χ0) is 13.9. The van der Waals surface area contributed by atoms with Crippen LogP contribution in [0.2, 0.25) is 0 Å². The fraction of sp³-hybridized carbons (Fsp3) is 0.0667. The summed E-state index contributed by atoms with van der Waals surface area (Å²) >= 11 is 0. The first-order valence-electron chi connectivity index (χ1n) is 6.13. The number of carbonyl (C=O) groups is 1. The van der Waals surface area contributed by atoms with E-state index in [2.05, 4.69) is 10.3 Å². The van der Waals surface area contributed by atoms with Crippen LogP contribution >= 0.6 is 0 Å². The van der Waals surface area contributed by atoms with E-state index in [0.29, 0.717) is 16.7 Å². The SMILES string of the molecule is O=C(Nc1nc2cc(CO)ccc2o1)c1ccccc1. The number of aliphatic hydroxyl groups is 1. The second kappa shape index (κ2) is 5.14. The van der Waals surface area contributed by atoms with E-state index in [0.717, 1.165) is 5.56 Å². The predicted octanol–water partition coefficient (Wildman–Crippen LogP) is 2.57. The number of aromatic nitrogens is 1. The van der Waals surface area contributed by atoms with Crippen molar-refractivity contribution in [1.82, 2.24) is 4.98 Å². The molecule has 5 nitrogen and oxygen atoms in total. The number of nitrogens with zero attached hydrogens (tertiary/aromatic N) is 1. The molecule has 0 atom stereocenters. The topological polar surface area (TPSA) is 75.4 Å². The first-order chi connectivity index (χ1) is 9.76. The van der Waals surface area contributed by atoms with Crippen LogP contribution in [0.15, 0.2) is 52.9 Å². The molecule has 0 fully saturated rings. The van der Waals surface area contributed by atoms with Crippen molar-refractivity contribution >= 4 is 23.0 Å². The molecule has 0 aliphatic carbocycles. The van der Waals surface area contributed by atoms with Gasteiger partial charge >= 0.3 is 6.01 Å². The second-order valence-electron chi connectivity index (χ2n) is 4.30. The summed E-state index contributed by atoms with van der Waals surface area (Å²) < 4.78 is 5.43. The van der Waals surface area contributed by atoms with Crippen molar-refractivity contribution in [1.29, 1.82) is 0 Å². The lowest BCUT2D eigenvalue weighted by Gasteiger charge is -1.99. The van der Waals surface area contributed by atoms with Crippen LogP contribution in [0.3, 0.4) is 0 Å². The van der Waals surface area contributed by atoms with E-state index >= 15 is 0 Å². The number of oxazole rings is 1. The summed E-state index contributed by atoms with van der Waals surface area (Å²) in [5, 5.41) is 11.7. The van der Waals surface area contributed by atoms with Crippen LogP contribution in [0.4, 0.5) is 6.01 Å². The van der Waals surface area contributed by atoms with Gasteiger partial charge in [0.15, 0.2) is 5.58 Å². The van der Waals surface area contributed by atoms with Gasteiger partial charge in [-0.1, -0.05) is 24.3 Å². The number of carbonyl (C=O) groups excluding carboxylic acids is 1. The Hall–Kier alpha value is -2.66. The largest absolute Gasteiger partial charge is 0.423 e. The van der Waals surface area contributed by atoms with Gasteiger partial charge in [-0.3, -0.25) is 10.1 Å². The Morgan fingerprint density at radius 2 is 2.00 bits per heavy atom. The Morgan fingerprint density at radius 3 is 2.75 bits per heavy atom. The molecule has 0 spiro atoms. The summed E-state index contributed by atoms with van der Waals surface area (Å²) in [6.07, 6.45) is 0. The van der Waals surface area contributed by atoms with Crippen molar-refractivity contribution in [3.8, 4) is 0 Å². The van der Waals surface area contributed by atoms with Gasteiger partial charge in [0.05, 0.1) is 6.61 Å². The molecule has 1 amide bonds. The summed E-state index contributed by atoms with van der Waals surface area (Å²) in [7, 11) is 0. The first kappa shape index (κ1) is 12.4. The highest BCUT2D eigenvalue weighted by Crippen LogP contribution is 2.20. The fourth-order valence-corrected chi connectivity index (χ4v) is 1.88. The average Bonchev–Trinajstić information content (AvgIpc) is 2.89. The zero-order valence-corrected chi connectivity index (χ0v) is 10.5. The summed E-state index contributed by atoms with van der Waals surface area (Å²) in [4.78, 5) is 16.1. The Kier molecular flexibility index (Phi) is 3.18. The van der Waals surface area contributed by atoms with Crippen LogP contribution < -0.4 is 5.32 Å². The predicted molar refractivity (Wildman–Crippen MR) is 74.3 cm³/mol. The molecule has 20 heavy (non-hydrogen) atoms. The van der Waals surface area contributed by atoms with Gasteiger partial charge in [0, 0.05) is 5.56 Å². The lowest BCUT2D eigenvalue weighted by molar-refractivity contribution is 0.102. The van der Waals surface area contributed by atoms with Crippen molar-refractivity contribution < 1.29 is 14.3 Å². The fourth-order valence-electron chi connectivity index (χ4n) is 1.88. The Balaban J connectivity index is 1.86. The summed E-state index contributed by atoms with van der Waals surface area (Å²) in [6.45, 7) is -0.0610. The van der Waals surface area contributed by atoms with Crippen LogP contribution in [0.25, 0.3) is 11.1 Å². The molecular formula is C15H12N2O3. The van der Waals surface area contributed by atoms with Crippen molar-refractivity contribution in [3.05, 3.63) is 59.7 Å². The maximum atomic E-state index is 12.0. The Morgan fingerprint density at radius 1 is 1.20 bits per heavy atom. The number of fused-ring (bicyclic) bond motifs is 1. The van der Waals surface area contributed by atoms with E-state index < -0.39 is 0 Å². The molecule has 1 heterocycles. The van der Waals surface area contributed by atoms with E-state index in [4.69, 9.17) is 9.52 Å². The van der Waals surface area contributed by atoms with Crippen molar-refractivity contribution in [2.75, 3.05) is 5.32 Å². The minimum atomic E-state index is -0.278. The maximum Gasteiger partial charge on any atom is 0.302 e. The number of nitrogens with one attached hydrogen (secondary N) is 1. The number of hydrogen-bond donors (Lipinski definition) is 2. The number of rotatable bonds is 3. The molecule has 5 heteroatoms. The molecule has 0 saturated carbocycles. The molecule has 1 aromatic heterocycles. The van der Waals surface area contributed by atoms with Gasteiger partial charge in [0.2, 0.25) is 0 Å². The second-order valence-corrected chi connectivity index (χ2v) is 4.30. The van der Waals surface area contributed by atoms with E-state index in [9.17, 15) is 4.79 Å². The van der Waals surface area contributed by atoms with E-state index in [-0.39, 0.29) is 18.5 Å². The quantitative estimate of drug-likeness (QED) is 0.765. The molecule has 0 unspecified atom stereocenters. The third-order valence-electron chi connectivity index (χ3n) is 2.89. The highest BCUT2D eigenvalue weighted by atomic mass is 16.4. The Bertz CT molecular complexity index is 750. The maximum absolute atomic E-state index is 12.0. The molecule has 3 rings (SSSR count). The van der Waals surface area contributed by atoms with E-state index in [1.54, 1.807) is 42.5 Å². The number of anilines is 1. The summed E-state index contributed by atoms with van der Waals surface area (Å²) in [6, 6.07) is 14.2. The molecule has 0 aliphatic rings. The van der Waals surface area contributed by atoms with Crippen LogP contribution in [-0.4, -0.2) is 16.0 Å². The van der Waals surface area contributed by atoms with Crippen molar-refractivity contribution in [3.63, 3.8) is 0 Å². The number of amides is 1. The van der Waals surface area contributed by atoms with Gasteiger partial charge in [0.25, 0.3) is 5.91 Å². The van der Waals surface area contributed by atoms with E-state index in [1.807, 2.05) is 6.07 Å². The number of aliphatic hydroxyl groups excluding tert-OH is 1. The van der Waals surface area contributed by atoms with Crippen LogP contribution in [-0.2, 0) is 6.61 Å². The highest BCUT2D eigenvalue weighted by Gasteiger charge is 2.11. The van der Waals surface area contributed by atoms with Crippen LogP contribution in [0, 0.1) is 0 Å². The van der Waals surface area contributed by atoms with Gasteiger partial charge in [-0.15, -0.1) is 0 Å². The van der Waals surface area contributed by atoms with Gasteiger partial charge < -0.3 is 9.52 Å². The molecule has 0 bridgehead atoms. The molecule has 3 aromatic rings. The van der Waals surface area contributed by atoms with Crippen LogP contribution in [0.1, 0.15) is 15.9 Å². The molecule has 2 N–H and O–H groups in total. The smallest absolute Gasteiger partial charge is 0.302 e. The van der Waals surface area contributed by atoms with Crippen molar-refractivity contribution in [2.24, 2.45) is 0 Å². The summed E-state index contributed by atoms with van der Waals surface area (Å²) in [5.41, 5.74) is 2.43. The van der Waals surface area contributed by atoms with Gasteiger partial charge in [-0.25, -0.2) is 0 Å². The van der Waals surface area contributed by atoms with Crippen LogP contribution in [0.5, 0.6) is 0 Å². The van der Waals surface area contributed by atoms with Gasteiger partial charge in [0.1, 0.15) is 5.52 Å². The first-order valence-corrected chi connectivity index (χ1v) is 6.13. The molecule has 100 valence electrons. The molecule has 0 aliphatic heterocycles. The molecule has 0 radical (unpaired) electrons. The minimum Gasteiger partial charge on any atom is -0.423 e. The number of hydrogen-bond acceptors (Lipinski definition) is 4. The van der Waals surface area contributed by atoms with Gasteiger partial charge in [-0.05, 0) is 29.8 Å². The lowest BCUT2D eigenvalue weighted by atomic mass is 10.2. The molecular weight excluding hydrogens is 256 g/mol. The lowest BCUT2D eigenvalue weighted by Crippen LogP contribution is -2.11. The highest BCUT2D eigenvalue weighted by molar-refractivity contribution is 6.03. The number of benzene rings is 2. The van der Waals surface area contributed by atoms with Gasteiger partial charge in [-0.2, -0.15) is 4.98 Å². The molecule has 2 aromatic carbocycles. The Labute approximate surface area is 114 Å². The van der Waals surface area contributed by atoms with E-state index in [1.165, 1.54) is 0 Å². The standard InChI is InChI=1S/C15H12N2O3/c18-9-10-6-7-13-12(8-10)16-15(20-13)17-14(19)11-4-2-1-3-5-11/h1-8,18H,9H2,(H,16,17,19). The zero-order valence-electron chi connectivity index (χ0n) is 10.5. The average molecular weight is 268 g/mol. The monoisotopic (exact) mass is 268 g/mol.